The summed E-state index contributed by atoms with van der Waals surface area (Å²) >= 11 is 1.86. The highest BCUT2D eigenvalue weighted by atomic mass is 32.1. The van der Waals surface area contributed by atoms with Crippen LogP contribution < -0.4 is 4.90 Å². The molecule has 0 unspecified atom stereocenters. The molecule has 8 aromatic carbocycles. The van der Waals surface area contributed by atoms with Crippen LogP contribution in [0.3, 0.4) is 0 Å². The molecule has 1 nitrogen and oxygen atoms in total. The van der Waals surface area contributed by atoms with E-state index in [9.17, 15) is 0 Å². The Labute approximate surface area is 284 Å². The molecule has 9 aromatic rings. The molecule has 0 fully saturated rings. The first-order valence-electron chi connectivity index (χ1n) is 16.4. The maximum atomic E-state index is 2.50. The lowest BCUT2D eigenvalue weighted by Crippen LogP contribution is -2.12. The predicted molar refractivity (Wildman–Crippen MR) is 208 cm³/mol. The van der Waals surface area contributed by atoms with Gasteiger partial charge in [-0.05, 0) is 63.5 Å². The van der Waals surface area contributed by atoms with Gasteiger partial charge in [0.25, 0.3) is 0 Å². The van der Waals surface area contributed by atoms with Crippen molar-refractivity contribution >= 4 is 59.3 Å². The van der Waals surface area contributed by atoms with E-state index in [0.29, 0.717) is 0 Å². The van der Waals surface area contributed by atoms with E-state index in [1.165, 1.54) is 70.0 Å². The maximum absolute atomic E-state index is 2.50. The number of nitrogens with zero attached hydrogens (tertiary/aromatic N) is 1. The van der Waals surface area contributed by atoms with Crippen molar-refractivity contribution in [2.45, 2.75) is 0 Å². The number of anilines is 3. The molecule has 0 saturated heterocycles. The fourth-order valence-electron chi connectivity index (χ4n) is 7.17. The highest BCUT2D eigenvalue weighted by Crippen LogP contribution is 2.50. The van der Waals surface area contributed by atoms with Crippen LogP contribution >= 0.6 is 11.3 Å². The third kappa shape index (κ3) is 4.78. The van der Waals surface area contributed by atoms with Gasteiger partial charge in [0.1, 0.15) is 0 Å². The molecule has 0 amide bonds. The first-order chi connectivity index (χ1) is 23.8. The van der Waals surface area contributed by atoms with E-state index in [2.05, 4.69) is 193 Å². The molecule has 0 radical (unpaired) electrons. The molecule has 2 heteroatoms. The zero-order chi connectivity index (χ0) is 31.9. The van der Waals surface area contributed by atoms with Gasteiger partial charge in [-0.1, -0.05) is 158 Å². The summed E-state index contributed by atoms with van der Waals surface area (Å²) in [5, 5.41) is 5.00. The zero-order valence-electron chi connectivity index (χ0n) is 26.3. The van der Waals surface area contributed by atoms with Crippen LogP contribution in [0, 0.1) is 0 Å². The van der Waals surface area contributed by atoms with Crippen molar-refractivity contribution in [3.05, 3.63) is 188 Å². The van der Waals surface area contributed by atoms with E-state index in [4.69, 9.17) is 0 Å². The average molecular weight is 630 g/mol. The second-order valence-electron chi connectivity index (χ2n) is 12.1. The van der Waals surface area contributed by atoms with Crippen LogP contribution in [0.1, 0.15) is 0 Å². The summed E-state index contributed by atoms with van der Waals surface area (Å²) in [5.41, 5.74) is 10.7. The molecule has 1 aromatic heterocycles. The molecule has 0 aliphatic carbocycles. The molecule has 1 heterocycles. The minimum Gasteiger partial charge on any atom is -0.309 e. The number of fused-ring (bicyclic) bond motifs is 4. The van der Waals surface area contributed by atoms with Crippen LogP contribution in [0.5, 0.6) is 0 Å². The van der Waals surface area contributed by atoms with Crippen molar-refractivity contribution in [3.8, 4) is 33.4 Å². The fraction of sp³-hybridized carbons (Fsp3) is 0. The molecule has 0 spiro atoms. The van der Waals surface area contributed by atoms with Crippen LogP contribution in [-0.4, -0.2) is 0 Å². The van der Waals surface area contributed by atoms with E-state index < -0.39 is 0 Å². The highest BCUT2D eigenvalue weighted by molar-refractivity contribution is 7.26. The molecular formula is C46H31NS. The summed E-state index contributed by atoms with van der Waals surface area (Å²) in [6, 6.07) is 68.2. The molecular weight excluding hydrogens is 599 g/mol. The predicted octanol–water partition coefficient (Wildman–Crippen LogP) is 13.7. The SMILES string of the molecule is c1ccc(-c2ccccc2-c2ccccc2-c2ccccc2N(c2cccc3ccccc23)c2cccc3sc4ccccc4c23)cc1. The first kappa shape index (κ1) is 28.3. The Morgan fingerprint density at radius 2 is 0.812 bits per heavy atom. The summed E-state index contributed by atoms with van der Waals surface area (Å²) in [7, 11) is 0. The quantitative estimate of drug-likeness (QED) is 0.177. The largest absolute Gasteiger partial charge is 0.309 e. The Morgan fingerprint density at radius 1 is 0.312 bits per heavy atom. The monoisotopic (exact) mass is 629 g/mol. The highest BCUT2D eigenvalue weighted by Gasteiger charge is 2.23. The second kappa shape index (κ2) is 12.0. The number of benzene rings is 8. The van der Waals surface area contributed by atoms with E-state index in [1.807, 2.05) is 11.3 Å². The van der Waals surface area contributed by atoms with Crippen LogP contribution in [0.15, 0.2) is 188 Å². The van der Waals surface area contributed by atoms with Crippen LogP contribution in [0.2, 0.25) is 0 Å². The standard InChI is InChI=1S/C46H31NS/c1-2-16-32(17-3-1)34-20-6-7-22-36(34)37-23-8-9-24-38(37)39-25-10-12-27-42(39)47(41-28-14-19-33-18-4-5-21-35(33)41)43-29-15-31-45-46(43)40-26-11-13-30-44(40)48-45/h1-31H. The van der Waals surface area contributed by atoms with Gasteiger partial charge in [0.2, 0.25) is 0 Å². The Balaban J connectivity index is 1.34. The first-order valence-corrected chi connectivity index (χ1v) is 17.2. The second-order valence-corrected chi connectivity index (χ2v) is 13.1. The Morgan fingerprint density at radius 3 is 1.62 bits per heavy atom. The molecule has 48 heavy (non-hydrogen) atoms. The van der Waals surface area contributed by atoms with Crippen LogP contribution in [0.25, 0.3) is 64.3 Å². The molecule has 0 aliphatic rings. The van der Waals surface area contributed by atoms with Crippen LogP contribution in [0.4, 0.5) is 17.1 Å². The van der Waals surface area contributed by atoms with Gasteiger partial charge < -0.3 is 4.90 Å². The topological polar surface area (TPSA) is 3.24 Å². The summed E-state index contributed by atoms with van der Waals surface area (Å²) < 4.78 is 2.59. The van der Waals surface area contributed by atoms with E-state index >= 15 is 0 Å². The minimum atomic E-state index is 1.14. The van der Waals surface area contributed by atoms with Crippen molar-refractivity contribution in [1.29, 1.82) is 0 Å². The van der Waals surface area contributed by atoms with Crippen LogP contribution in [-0.2, 0) is 0 Å². The molecule has 0 atom stereocenters. The van der Waals surface area contributed by atoms with E-state index in [1.54, 1.807) is 0 Å². The summed E-state index contributed by atoms with van der Waals surface area (Å²) in [4.78, 5) is 2.50. The maximum Gasteiger partial charge on any atom is 0.0555 e. The number of thiophene rings is 1. The molecule has 9 rings (SSSR count). The number of rotatable bonds is 6. The van der Waals surface area contributed by atoms with Gasteiger partial charge in [-0.3, -0.25) is 0 Å². The normalized spacial score (nSPS) is 11.3. The lowest BCUT2D eigenvalue weighted by atomic mass is 9.88. The molecule has 0 saturated carbocycles. The van der Waals surface area contributed by atoms with Crippen molar-refractivity contribution < 1.29 is 0 Å². The van der Waals surface area contributed by atoms with E-state index in [0.717, 1.165) is 11.4 Å². The smallest absolute Gasteiger partial charge is 0.0555 e. The summed E-state index contributed by atoms with van der Waals surface area (Å²) in [6.45, 7) is 0. The minimum absolute atomic E-state index is 1.14. The Kier molecular flexibility index (Phi) is 7.07. The van der Waals surface area contributed by atoms with Gasteiger partial charge in [0.15, 0.2) is 0 Å². The molecule has 226 valence electrons. The Bertz CT molecular complexity index is 2570. The van der Waals surface area contributed by atoms with Gasteiger partial charge in [-0.15, -0.1) is 11.3 Å². The van der Waals surface area contributed by atoms with Gasteiger partial charge in [0, 0.05) is 31.1 Å². The zero-order valence-corrected chi connectivity index (χ0v) is 27.1. The van der Waals surface area contributed by atoms with Gasteiger partial charge in [-0.25, -0.2) is 0 Å². The molecule has 0 bridgehead atoms. The summed E-state index contributed by atoms with van der Waals surface area (Å²) in [5.74, 6) is 0. The number of para-hydroxylation sites is 1. The molecule has 0 N–H and O–H groups in total. The third-order valence-corrected chi connectivity index (χ3v) is 10.4. The van der Waals surface area contributed by atoms with Crippen molar-refractivity contribution in [3.63, 3.8) is 0 Å². The average Bonchev–Trinajstić information content (AvgIpc) is 3.55. The van der Waals surface area contributed by atoms with Gasteiger partial charge in [0.05, 0.1) is 17.1 Å². The lowest BCUT2D eigenvalue weighted by Gasteiger charge is -2.30. The van der Waals surface area contributed by atoms with E-state index in [-0.39, 0.29) is 0 Å². The Hall–Kier alpha value is -5.96. The van der Waals surface area contributed by atoms with Gasteiger partial charge >= 0.3 is 0 Å². The number of hydrogen-bond acceptors (Lipinski definition) is 2. The fourth-order valence-corrected chi connectivity index (χ4v) is 8.30. The third-order valence-electron chi connectivity index (χ3n) is 9.29. The molecule has 0 aliphatic heterocycles. The van der Waals surface area contributed by atoms with Crippen molar-refractivity contribution in [2.75, 3.05) is 4.90 Å². The van der Waals surface area contributed by atoms with Crippen molar-refractivity contribution in [1.82, 2.24) is 0 Å². The summed E-state index contributed by atoms with van der Waals surface area (Å²) in [6.07, 6.45) is 0. The number of hydrogen-bond donors (Lipinski definition) is 0. The van der Waals surface area contributed by atoms with Crippen molar-refractivity contribution in [2.24, 2.45) is 0 Å². The van der Waals surface area contributed by atoms with Gasteiger partial charge in [-0.2, -0.15) is 0 Å². The lowest BCUT2D eigenvalue weighted by molar-refractivity contribution is 1.31.